The molecule has 3 amide bonds. The van der Waals surface area contributed by atoms with Gasteiger partial charge >= 0.3 is 35.5 Å². The van der Waals surface area contributed by atoms with E-state index in [2.05, 4.69) is 58.4 Å². The Hall–Kier alpha value is -3.97. The molecule has 1 saturated heterocycles. The predicted octanol–water partition coefficient (Wildman–Crippen LogP) is 7.90. The first-order valence-corrected chi connectivity index (χ1v) is 24.2. The Kier molecular flexibility index (Phi) is 21.9. The van der Waals surface area contributed by atoms with E-state index in [0.717, 1.165) is 122 Å². The molecule has 0 bridgehead atoms. The number of nitrogens with zero attached hydrogens (tertiary/aromatic N) is 2. The Balaban J connectivity index is 0.000000292. The van der Waals surface area contributed by atoms with Crippen LogP contribution in [0.5, 0.6) is 0 Å². The number of hydrogen-bond donors (Lipinski definition) is 6. The summed E-state index contributed by atoms with van der Waals surface area (Å²) < 4.78 is 10.0. The van der Waals surface area contributed by atoms with Crippen LogP contribution >= 0.6 is 23.2 Å². The van der Waals surface area contributed by atoms with E-state index >= 15 is 0 Å². The van der Waals surface area contributed by atoms with Crippen molar-refractivity contribution in [1.82, 2.24) is 30.5 Å². The molecule has 71 heavy (non-hydrogen) atoms. The van der Waals surface area contributed by atoms with Crippen molar-refractivity contribution in [2.75, 3.05) is 30.8 Å². The molecule has 4 aromatic carbocycles. The van der Waals surface area contributed by atoms with Crippen molar-refractivity contribution < 1.29 is 90.1 Å². The Labute approximate surface area is 474 Å². The summed E-state index contributed by atoms with van der Waals surface area (Å²) in [5.74, 6) is 1.23. The van der Waals surface area contributed by atoms with Crippen LogP contribution in [-0.4, -0.2) is 78.9 Å². The second-order valence-electron chi connectivity index (χ2n) is 18.8. The van der Waals surface area contributed by atoms with Crippen LogP contribution < -0.4 is 50.8 Å². The molecule has 3 heterocycles. The van der Waals surface area contributed by atoms with Crippen LogP contribution in [0.25, 0.3) is 21.9 Å². The topological polar surface area (TPSA) is 203 Å². The normalized spacial score (nSPS) is 15.6. The number of carbonyl (C=O) groups excluding carboxylic acids is 4. The third-order valence-corrected chi connectivity index (χ3v) is 14.3. The zero-order chi connectivity index (χ0) is 49.1. The SMILES string of the molecule is CC1(C(=O)NCc2ccc(Cl)c(Nc3nc4ccc(C(=O)N5CCCC5)cc4[nH]3)c2)CCCCC1.COC(=O)c1ccc2[nH]c(Nc3cc(CNC(=O)C4(C)CCCCC4)ccc3Cl)cc2c1.[3H][B].[Na+].[OH-].[U]. The van der Waals surface area contributed by atoms with Gasteiger partial charge in [0, 0.05) is 93.0 Å². The molecular formula is C52H62BCl2N8NaO6U. The molecule has 14 nitrogen and oxygen atoms in total. The van der Waals surface area contributed by atoms with Crippen LogP contribution in [0.15, 0.2) is 78.9 Å². The van der Waals surface area contributed by atoms with Gasteiger partial charge in [0.05, 0.1) is 45.1 Å². The van der Waals surface area contributed by atoms with Gasteiger partial charge in [-0.1, -0.05) is 87.7 Å². The summed E-state index contributed by atoms with van der Waals surface area (Å²) in [5.41, 5.74) is 6.44. The molecule has 2 aromatic heterocycles. The van der Waals surface area contributed by atoms with Crippen molar-refractivity contribution in [3.05, 3.63) is 111 Å². The fourth-order valence-corrected chi connectivity index (χ4v) is 9.82. The van der Waals surface area contributed by atoms with Gasteiger partial charge in [0.25, 0.3) is 5.91 Å². The summed E-state index contributed by atoms with van der Waals surface area (Å²) in [6.45, 7) is 6.68. The van der Waals surface area contributed by atoms with Crippen molar-refractivity contribution in [2.45, 2.75) is 104 Å². The molecule has 2 saturated carbocycles. The van der Waals surface area contributed by atoms with E-state index in [1.165, 1.54) is 20.0 Å². The van der Waals surface area contributed by atoms with Gasteiger partial charge in [-0.15, -0.1) is 0 Å². The van der Waals surface area contributed by atoms with Crippen LogP contribution in [0.1, 0.15) is 123 Å². The number of aromatic nitrogens is 3. The van der Waals surface area contributed by atoms with Crippen LogP contribution in [0.4, 0.5) is 23.1 Å². The smallest absolute Gasteiger partial charge is 0.870 e. The molecule has 2 aliphatic carbocycles. The molecule has 0 spiro atoms. The van der Waals surface area contributed by atoms with Gasteiger partial charge in [0.15, 0.2) is 0 Å². The number of anilines is 4. The van der Waals surface area contributed by atoms with Gasteiger partial charge in [-0.3, -0.25) is 14.4 Å². The molecule has 1 aliphatic heterocycles. The van der Waals surface area contributed by atoms with Gasteiger partial charge in [0.2, 0.25) is 17.8 Å². The van der Waals surface area contributed by atoms with Gasteiger partial charge in [-0.05, 0) is 118 Å². The predicted molar refractivity (Wildman–Crippen MR) is 276 cm³/mol. The molecule has 19 heteroatoms. The quantitative estimate of drug-likeness (QED) is 0.0520. The summed E-state index contributed by atoms with van der Waals surface area (Å²) in [6, 6.07) is 24.2. The van der Waals surface area contributed by atoms with Crippen molar-refractivity contribution >= 4 is 100 Å². The molecule has 6 aromatic rings. The molecule has 9 rings (SSSR count). The molecule has 368 valence electrons. The fourth-order valence-electron chi connectivity index (χ4n) is 9.49. The number of methoxy groups -OCH3 is 1. The Bertz CT molecular complexity index is 2800. The number of H-pyrrole nitrogens is 2. The summed E-state index contributed by atoms with van der Waals surface area (Å²) >= 11 is 12.9. The number of hydrogen-bond acceptors (Lipinski definition) is 9. The number of rotatable bonds is 12. The first kappa shape index (κ1) is 57.9. The van der Waals surface area contributed by atoms with Gasteiger partial charge in [-0.2, -0.15) is 0 Å². The average molecular weight is 1240 g/mol. The maximum Gasteiger partial charge on any atom is 1.00 e. The van der Waals surface area contributed by atoms with E-state index in [1.54, 1.807) is 12.1 Å². The second kappa shape index (κ2) is 26.8. The Morgan fingerprint density at radius 3 is 1.77 bits per heavy atom. The van der Waals surface area contributed by atoms with Crippen LogP contribution in [0, 0.1) is 41.9 Å². The molecule has 7 N–H and O–H groups in total. The van der Waals surface area contributed by atoms with Crippen molar-refractivity contribution in [1.29, 1.82) is 1.34 Å². The number of nitrogens with one attached hydrogen (secondary N) is 6. The minimum atomic E-state index is -0.373. The molecular weight excluding hydrogens is 1180 g/mol. The summed E-state index contributed by atoms with van der Waals surface area (Å²) in [5, 5.41) is 14.8. The van der Waals surface area contributed by atoms with E-state index in [-0.39, 0.29) is 101 Å². The fraction of sp³-hybridized carbons (Fsp3) is 0.404. The maximum atomic E-state index is 12.8. The van der Waals surface area contributed by atoms with Crippen molar-refractivity contribution in [2.24, 2.45) is 10.8 Å². The number of aromatic amines is 2. The minimum Gasteiger partial charge on any atom is -0.870 e. The minimum absolute atomic E-state index is 0. The Morgan fingerprint density at radius 2 is 1.23 bits per heavy atom. The average Bonchev–Trinajstić information content (AvgIpc) is 4.15. The monoisotopic (exact) mass is 1240 g/mol. The first-order chi connectivity index (χ1) is 33.3. The van der Waals surface area contributed by atoms with E-state index in [9.17, 15) is 19.2 Å². The van der Waals surface area contributed by atoms with E-state index < -0.39 is 0 Å². The van der Waals surface area contributed by atoms with Crippen molar-refractivity contribution in [3.63, 3.8) is 0 Å². The summed E-state index contributed by atoms with van der Waals surface area (Å²) in [6.07, 6.45) is 12.8. The van der Waals surface area contributed by atoms with Gasteiger partial charge in [0.1, 0.15) is 5.82 Å². The molecule has 3 aliphatic rings. The largest absolute Gasteiger partial charge is 1.00 e. The number of imidazole rings is 1. The van der Waals surface area contributed by atoms with Crippen molar-refractivity contribution in [3.8, 4) is 0 Å². The molecule has 0 atom stereocenters. The van der Waals surface area contributed by atoms with Crippen LogP contribution in [0.2, 0.25) is 10.0 Å². The van der Waals surface area contributed by atoms with Gasteiger partial charge < -0.3 is 46.3 Å². The molecule has 0 unspecified atom stereocenters. The number of ether oxygens (including phenoxy) is 1. The zero-order valence-electron chi connectivity index (χ0n) is 42.0. The first-order valence-electron chi connectivity index (χ1n) is 24.0. The number of benzene rings is 4. The van der Waals surface area contributed by atoms with Crippen LogP contribution in [0.3, 0.4) is 0 Å². The van der Waals surface area contributed by atoms with Gasteiger partial charge in [-0.25, -0.2) is 9.78 Å². The summed E-state index contributed by atoms with van der Waals surface area (Å²) in [7, 11) is 5.11. The van der Waals surface area contributed by atoms with E-state index in [4.69, 9.17) is 29.3 Å². The Morgan fingerprint density at radius 1 is 0.690 bits per heavy atom. The number of likely N-dealkylation sites (tertiary alicyclic amines) is 1. The summed E-state index contributed by atoms with van der Waals surface area (Å²) in [4.78, 5) is 63.1. The van der Waals surface area contributed by atoms with Crippen LogP contribution in [-0.2, 0) is 27.4 Å². The van der Waals surface area contributed by atoms with E-state index in [0.29, 0.717) is 45.9 Å². The number of halogens is 2. The molecule has 3 fully saturated rings. The molecule has 2 radical (unpaired) electrons. The third kappa shape index (κ3) is 14.8. The number of fused-ring (bicyclic) bond motifs is 2. The number of esters is 1. The third-order valence-electron chi connectivity index (χ3n) is 13.7. The maximum absolute atomic E-state index is 12.8. The second-order valence-corrected chi connectivity index (χ2v) is 19.6. The van der Waals surface area contributed by atoms with E-state index in [1.807, 2.05) is 71.6 Å². The number of carbonyl (C=O) groups is 4. The zero-order valence-corrected chi connectivity index (χ0v) is 48.7. The number of amides is 3. The standard InChI is InChI=1S/C27H32ClN5O2.C25H28ClN3O3.BH.Na.H2O.U/c1-27(11-3-2-4-12-27)25(35)29-17-18-7-9-20(28)22(15-18)31-26-30-21-10-8-19(16-23(21)32-26)24(34)33-13-5-6-14-33;1-25(10-4-3-5-11-25)24(31)27-15-16-6-8-19(26)21(12-16)29-22-14-18-13-17(23(30)32-2)7-9-20(18)28-22;;;;/h7-10,15-16H,2-6,11-14,17H2,1H3,(H,29,35)(H2,30,31,32);6-9,12-14,28-29H,3-5,10-11,15H2,1-2H3,(H,27,31);1H;;1H2;/q;;;+1;;/p-1/i;;1T;;;.